The lowest BCUT2D eigenvalue weighted by atomic mass is 10.2. The van der Waals surface area contributed by atoms with Crippen LogP contribution in [0.1, 0.15) is 13.8 Å². The molecule has 2 aromatic rings. The molecule has 0 unspecified atom stereocenters. The van der Waals surface area contributed by atoms with Gasteiger partial charge in [-0.1, -0.05) is 30.3 Å². The minimum absolute atomic E-state index is 0.0148. The number of morpholine rings is 1. The molecule has 22 heavy (non-hydrogen) atoms. The first-order chi connectivity index (χ1) is 10.6. The van der Waals surface area contributed by atoms with Crippen molar-refractivity contribution in [2.45, 2.75) is 32.6 Å². The second-order valence-corrected chi connectivity index (χ2v) is 5.57. The van der Waals surface area contributed by atoms with E-state index in [2.05, 4.69) is 15.4 Å². The van der Waals surface area contributed by atoms with Crippen LogP contribution in [0, 0.1) is 0 Å². The maximum absolute atomic E-state index is 12.3. The van der Waals surface area contributed by atoms with Crippen molar-refractivity contribution < 1.29 is 9.53 Å². The first kappa shape index (κ1) is 14.6. The highest BCUT2D eigenvalue weighted by Gasteiger charge is 2.26. The maximum Gasteiger partial charge on any atom is 0.246 e. The summed E-state index contributed by atoms with van der Waals surface area (Å²) in [5.74, 6) is 0.510. The second-order valence-electron chi connectivity index (χ2n) is 5.57. The Kier molecular flexibility index (Phi) is 4.15. The molecule has 116 valence electrons. The van der Waals surface area contributed by atoms with Gasteiger partial charge in [-0.3, -0.25) is 4.79 Å². The number of ether oxygens (including phenoxy) is 1. The zero-order valence-corrected chi connectivity index (χ0v) is 12.7. The van der Waals surface area contributed by atoms with Crippen molar-refractivity contribution >= 4 is 5.91 Å². The molecular weight excluding hydrogens is 282 g/mol. The molecular formula is C15H19N5O2. The zero-order chi connectivity index (χ0) is 15.5. The third-order valence-electron chi connectivity index (χ3n) is 3.53. The van der Waals surface area contributed by atoms with Crippen LogP contribution in [0.3, 0.4) is 0 Å². The van der Waals surface area contributed by atoms with E-state index in [0.29, 0.717) is 18.9 Å². The van der Waals surface area contributed by atoms with Crippen LogP contribution in [0.2, 0.25) is 0 Å². The summed E-state index contributed by atoms with van der Waals surface area (Å²) in [6.07, 6.45) is 0.104. The summed E-state index contributed by atoms with van der Waals surface area (Å²) in [5.41, 5.74) is 0.884. The van der Waals surface area contributed by atoms with Gasteiger partial charge < -0.3 is 9.64 Å². The largest absolute Gasteiger partial charge is 0.372 e. The number of hydrogen-bond acceptors (Lipinski definition) is 5. The summed E-state index contributed by atoms with van der Waals surface area (Å²) in [6.45, 7) is 5.24. The van der Waals surface area contributed by atoms with E-state index in [-0.39, 0.29) is 24.7 Å². The van der Waals surface area contributed by atoms with Crippen LogP contribution in [0.5, 0.6) is 0 Å². The highest BCUT2D eigenvalue weighted by Crippen LogP contribution is 2.13. The van der Waals surface area contributed by atoms with Gasteiger partial charge in [0.05, 0.1) is 12.2 Å². The molecule has 1 fully saturated rings. The number of tetrazole rings is 1. The van der Waals surface area contributed by atoms with Crippen LogP contribution < -0.4 is 0 Å². The number of benzene rings is 1. The summed E-state index contributed by atoms with van der Waals surface area (Å²) >= 11 is 0. The van der Waals surface area contributed by atoms with Crippen molar-refractivity contribution in [1.82, 2.24) is 25.1 Å². The van der Waals surface area contributed by atoms with E-state index in [1.165, 1.54) is 4.80 Å². The average Bonchev–Trinajstić information content (AvgIpc) is 2.95. The maximum atomic E-state index is 12.3. The molecule has 0 N–H and O–H groups in total. The van der Waals surface area contributed by atoms with Crippen molar-refractivity contribution in [3.8, 4) is 11.4 Å². The Morgan fingerprint density at radius 1 is 1.23 bits per heavy atom. The van der Waals surface area contributed by atoms with Crippen molar-refractivity contribution in [2.24, 2.45) is 0 Å². The number of amides is 1. The van der Waals surface area contributed by atoms with Crippen molar-refractivity contribution in [1.29, 1.82) is 0 Å². The number of nitrogens with zero attached hydrogens (tertiary/aromatic N) is 5. The molecule has 2 atom stereocenters. The Hall–Kier alpha value is -2.28. The fraction of sp³-hybridized carbons (Fsp3) is 0.467. The molecule has 1 aromatic carbocycles. The van der Waals surface area contributed by atoms with Gasteiger partial charge in [0.1, 0.15) is 6.54 Å². The predicted octanol–water partition coefficient (Wildman–Crippen LogP) is 0.976. The van der Waals surface area contributed by atoms with E-state index in [1.807, 2.05) is 44.2 Å². The van der Waals surface area contributed by atoms with Gasteiger partial charge >= 0.3 is 0 Å². The van der Waals surface area contributed by atoms with Crippen LogP contribution in [0.4, 0.5) is 0 Å². The van der Waals surface area contributed by atoms with E-state index in [9.17, 15) is 4.79 Å². The van der Waals surface area contributed by atoms with Crippen molar-refractivity contribution in [3.05, 3.63) is 30.3 Å². The summed E-state index contributed by atoms with van der Waals surface area (Å²) in [4.78, 5) is 15.5. The molecule has 0 radical (unpaired) electrons. The van der Waals surface area contributed by atoms with Gasteiger partial charge in [-0.2, -0.15) is 4.80 Å². The normalized spacial score (nSPS) is 21.8. The second kappa shape index (κ2) is 6.23. The number of rotatable bonds is 3. The van der Waals surface area contributed by atoms with Crippen LogP contribution in [0.15, 0.2) is 30.3 Å². The fourth-order valence-corrected chi connectivity index (χ4v) is 2.62. The number of carbonyl (C=O) groups excluding carboxylic acids is 1. The third-order valence-corrected chi connectivity index (χ3v) is 3.53. The van der Waals surface area contributed by atoms with E-state index in [4.69, 9.17) is 4.74 Å². The van der Waals surface area contributed by atoms with E-state index >= 15 is 0 Å². The zero-order valence-electron chi connectivity index (χ0n) is 12.7. The molecule has 7 nitrogen and oxygen atoms in total. The summed E-state index contributed by atoms with van der Waals surface area (Å²) in [5, 5.41) is 12.2. The average molecular weight is 301 g/mol. The number of carbonyl (C=O) groups is 1. The minimum Gasteiger partial charge on any atom is -0.372 e. The Labute approximate surface area is 128 Å². The molecule has 0 saturated carbocycles. The quantitative estimate of drug-likeness (QED) is 0.845. The smallest absolute Gasteiger partial charge is 0.246 e. The highest BCUT2D eigenvalue weighted by molar-refractivity contribution is 5.76. The standard InChI is InChI=1S/C15H19N5O2/c1-11-8-19(9-12(2)22-11)14(21)10-20-17-15(16-18-20)13-6-4-3-5-7-13/h3-7,11-12H,8-10H2,1-2H3/t11-,12-/m0/s1. The summed E-state index contributed by atoms with van der Waals surface area (Å²) in [7, 11) is 0. The Bertz CT molecular complexity index is 632. The van der Waals surface area contributed by atoms with Crippen molar-refractivity contribution in [3.63, 3.8) is 0 Å². The SMILES string of the molecule is C[C@H]1CN(C(=O)Cn2nnc(-c3ccccc3)n2)C[C@H](C)O1. The summed E-state index contributed by atoms with van der Waals surface area (Å²) < 4.78 is 5.63. The molecule has 7 heteroatoms. The van der Waals surface area contributed by atoms with E-state index < -0.39 is 0 Å². The molecule has 1 amide bonds. The van der Waals surface area contributed by atoms with Gasteiger partial charge in [0.25, 0.3) is 0 Å². The molecule has 1 saturated heterocycles. The lowest BCUT2D eigenvalue weighted by molar-refractivity contribution is -0.144. The fourth-order valence-electron chi connectivity index (χ4n) is 2.62. The molecule has 3 rings (SSSR count). The molecule has 0 spiro atoms. The molecule has 1 aromatic heterocycles. The molecule has 1 aliphatic heterocycles. The van der Waals surface area contributed by atoms with Crippen LogP contribution >= 0.6 is 0 Å². The molecule has 1 aliphatic rings. The Morgan fingerprint density at radius 2 is 1.91 bits per heavy atom. The number of hydrogen-bond donors (Lipinski definition) is 0. The van der Waals surface area contributed by atoms with Gasteiger partial charge in [-0.05, 0) is 19.1 Å². The summed E-state index contributed by atoms with van der Waals surface area (Å²) in [6, 6.07) is 9.58. The number of aromatic nitrogens is 4. The van der Waals surface area contributed by atoms with Gasteiger partial charge in [0.2, 0.25) is 11.7 Å². The first-order valence-electron chi connectivity index (χ1n) is 7.38. The molecule has 0 aliphatic carbocycles. The first-order valence-corrected chi connectivity index (χ1v) is 7.38. The topological polar surface area (TPSA) is 73.1 Å². The van der Waals surface area contributed by atoms with Gasteiger partial charge in [0.15, 0.2) is 0 Å². The lowest BCUT2D eigenvalue weighted by Crippen LogP contribution is -2.49. The van der Waals surface area contributed by atoms with Gasteiger partial charge in [-0.15, -0.1) is 10.2 Å². The lowest BCUT2D eigenvalue weighted by Gasteiger charge is -2.35. The molecule has 0 bridgehead atoms. The third kappa shape index (κ3) is 3.30. The monoisotopic (exact) mass is 301 g/mol. The van der Waals surface area contributed by atoms with Crippen LogP contribution in [-0.4, -0.2) is 56.3 Å². The predicted molar refractivity (Wildman–Crippen MR) is 79.8 cm³/mol. The Balaban J connectivity index is 1.66. The van der Waals surface area contributed by atoms with Gasteiger partial charge in [-0.25, -0.2) is 0 Å². The van der Waals surface area contributed by atoms with E-state index in [1.54, 1.807) is 4.90 Å². The van der Waals surface area contributed by atoms with E-state index in [0.717, 1.165) is 5.56 Å². The van der Waals surface area contributed by atoms with Crippen LogP contribution in [-0.2, 0) is 16.1 Å². The van der Waals surface area contributed by atoms with Crippen LogP contribution in [0.25, 0.3) is 11.4 Å². The highest BCUT2D eigenvalue weighted by atomic mass is 16.5. The van der Waals surface area contributed by atoms with Crippen molar-refractivity contribution in [2.75, 3.05) is 13.1 Å². The van der Waals surface area contributed by atoms with Gasteiger partial charge in [0, 0.05) is 18.7 Å². The Morgan fingerprint density at radius 3 is 2.59 bits per heavy atom. The molecule has 2 heterocycles. The minimum atomic E-state index is -0.0148.